The number of ether oxygens (including phenoxy) is 3. The lowest BCUT2D eigenvalue weighted by atomic mass is 9.53. The topological polar surface area (TPSA) is 60.9 Å². The number of likely N-dealkylation sites (N-methyl/N-ethyl adjacent to an activating group) is 1. The minimum atomic E-state index is -0.457. The molecule has 0 amide bonds. The Morgan fingerprint density at radius 2 is 2.20 bits per heavy atom. The predicted molar refractivity (Wildman–Crippen MR) is 110 cm³/mol. The molecule has 2 aliphatic carbocycles. The van der Waals surface area contributed by atoms with Crippen LogP contribution in [0.2, 0.25) is 0 Å². The van der Waals surface area contributed by atoms with Crippen LogP contribution in [0, 0.1) is 5.92 Å². The number of likely N-dealkylation sites (tertiary alicyclic amines) is 1. The maximum Gasteiger partial charge on any atom is 0.340 e. The lowest BCUT2D eigenvalue weighted by Crippen LogP contribution is -2.65. The van der Waals surface area contributed by atoms with E-state index < -0.39 is 6.10 Å². The molecule has 3 heterocycles. The summed E-state index contributed by atoms with van der Waals surface area (Å²) in [6, 6.07) is 8.07. The van der Waals surface area contributed by atoms with Gasteiger partial charge in [-0.1, -0.05) is 12.1 Å². The van der Waals surface area contributed by atoms with Gasteiger partial charge < -0.3 is 19.1 Å². The molecule has 0 saturated carbocycles. The van der Waals surface area contributed by atoms with Gasteiger partial charge in [0.2, 0.25) is 0 Å². The zero-order chi connectivity index (χ0) is 20.5. The Labute approximate surface area is 175 Å². The minimum Gasteiger partial charge on any atom is -0.493 e. The van der Waals surface area contributed by atoms with Crippen molar-refractivity contribution in [3.8, 4) is 11.5 Å². The van der Waals surface area contributed by atoms with Crippen molar-refractivity contribution < 1.29 is 19.0 Å². The fourth-order valence-electron chi connectivity index (χ4n) is 6.15. The van der Waals surface area contributed by atoms with E-state index in [0.29, 0.717) is 17.5 Å². The second kappa shape index (κ2) is 6.32. The lowest BCUT2D eigenvalue weighted by Gasteiger charge is -2.56. The molecule has 1 fully saturated rings. The molecule has 0 radical (unpaired) electrons. The molecule has 30 heavy (non-hydrogen) atoms. The minimum absolute atomic E-state index is 0.191. The van der Waals surface area contributed by atoms with Gasteiger partial charge in [-0.05, 0) is 56.3 Å². The molecule has 2 aliphatic heterocycles. The average Bonchev–Trinajstić information content (AvgIpc) is 3.13. The van der Waals surface area contributed by atoms with Gasteiger partial charge in [0.05, 0.1) is 12.7 Å². The van der Waals surface area contributed by atoms with Crippen molar-refractivity contribution >= 4 is 5.97 Å². The Morgan fingerprint density at radius 1 is 1.30 bits per heavy atom. The summed E-state index contributed by atoms with van der Waals surface area (Å²) in [5.74, 6) is 1.54. The van der Waals surface area contributed by atoms with Gasteiger partial charge in [0.1, 0.15) is 6.10 Å². The highest BCUT2D eigenvalue weighted by Crippen LogP contribution is 2.62. The van der Waals surface area contributed by atoms with E-state index >= 15 is 0 Å². The predicted octanol–water partition coefficient (Wildman–Crippen LogP) is 2.76. The number of esters is 1. The number of aromatic nitrogens is 1. The molecule has 0 N–H and O–H groups in total. The number of benzene rings is 1. The number of nitrogens with zero attached hydrogens (tertiary/aromatic N) is 2. The summed E-state index contributed by atoms with van der Waals surface area (Å²) in [4.78, 5) is 19.3. The summed E-state index contributed by atoms with van der Waals surface area (Å²) in [7, 11) is 3.89. The molecule has 1 spiro atoms. The van der Waals surface area contributed by atoms with E-state index in [1.807, 2.05) is 12.1 Å². The smallest absolute Gasteiger partial charge is 0.340 e. The first kappa shape index (κ1) is 18.0. The molecule has 2 bridgehead atoms. The van der Waals surface area contributed by atoms with E-state index in [2.05, 4.69) is 29.1 Å². The highest BCUT2D eigenvalue weighted by Gasteiger charge is 2.65. The van der Waals surface area contributed by atoms with Crippen LogP contribution < -0.4 is 9.47 Å². The number of hydrogen-bond acceptors (Lipinski definition) is 6. The van der Waals surface area contributed by atoms with Crippen LogP contribution >= 0.6 is 0 Å². The quantitative estimate of drug-likeness (QED) is 0.579. The summed E-state index contributed by atoms with van der Waals surface area (Å²) in [5.41, 5.74) is 2.86. The highest BCUT2D eigenvalue weighted by atomic mass is 16.6. The standard InChI is InChI=1S/C24H24N2O4/c1-26-11-9-24-16-6-8-19(29-23(27)15-4-3-10-25-13-15)22(24)30-21-18(28-2)7-5-14(20(21)24)12-17(16)26/h3-8,10,13,16-17,19,22H,9,11-12H2,1-2H3. The molecule has 6 rings (SSSR count). The van der Waals surface area contributed by atoms with Crippen molar-refractivity contribution in [2.75, 3.05) is 20.7 Å². The van der Waals surface area contributed by atoms with Crippen LogP contribution in [0.15, 0.2) is 48.8 Å². The summed E-state index contributed by atoms with van der Waals surface area (Å²) in [6.45, 7) is 0.994. The molecule has 1 aromatic carbocycles. The number of pyridine rings is 1. The molecular formula is C24H24N2O4. The molecule has 2 aromatic rings. The van der Waals surface area contributed by atoms with Gasteiger partial charge in [0.25, 0.3) is 0 Å². The molecular weight excluding hydrogens is 380 g/mol. The zero-order valence-corrected chi connectivity index (χ0v) is 17.1. The van der Waals surface area contributed by atoms with Crippen LogP contribution in [0.4, 0.5) is 0 Å². The summed E-state index contributed by atoms with van der Waals surface area (Å²) >= 11 is 0. The van der Waals surface area contributed by atoms with Gasteiger partial charge in [0, 0.05) is 35.3 Å². The van der Waals surface area contributed by atoms with E-state index in [1.54, 1.807) is 25.4 Å². The van der Waals surface area contributed by atoms with Gasteiger partial charge in [-0.2, -0.15) is 0 Å². The normalized spacial score (nSPS) is 32.9. The number of rotatable bonds is 3. The number of methoxy groups -OCH3 is 1. The van der Waals surface area contributed by atoms with Crippen LogP contribution in [-0.4, -0.2) is 54.8 Å². The van der Waals surface area contributed by atoms with Crippen LogP contribution in [0.1, 0.15) is 27.9 Å². The second-order valence-corrected chi connectivity index (χ2v) is 8.73. The fourth-order valence-corrected chi connectivity index (χ4v) is 6.15. The van der Waals surface area contributed by atoms with E-state index in [1.165, 1.54) is 17.3 Å². The Bertz CT molecular complexity index is 1050. The van der Waals surface area contributed by atoms with Crippen molar-refractivity contribution in [1.29, 1.82) is 0 Å². The maximum absolute atomic E-state index is 12.8. The van der Waals surface area contributed by atoms with Gasteiger partial charge >= 0.3 is 5.97 Å². The van der Waals surface area contributed by atoms with E-state index in [9.17, 15) is 4.79 Å². The van der Waals surface area contributed by atoms with Gasteiger partial charge in [0.15, 0.2) is 17.6 Å². The van der Waals surface area contributed by atoms with Gasteiger partial charge in [-0.25, -0.2) is 4.79 Å². The molecule has 5 atom stereocenters. The molecule has 1 saturated heterocycles. The van der Waals surface area contributed by atoms with Crippen molar-refractivity contribution in [3.05, 3.63) is 65.5 Å². The Hall–Kier alpha value is -2.86. The molecule has 6 nitrogen and oxygen atoms in total. The summed E-state index contributed by atoms with van der Waals surface area (Å²) < 4.78 is 18.2. The summed E-state index contributed by atoms with van der Waals surface area (Å²) in [6.07, 6.45) is 8.72. The average molecular weight is 404 g/mol. The number of carbonyl (C=O) groups is 1. The SMILES string of the molecule is COc1ccc2c3c1OC1C(OC(=O)c4cccnc4)C=CC4C(C2)N(C)CCC341. The summed E-state index contributed by atoms with van der Waals surface area (Å²) in [5, 5.41) is 0. The third-order valence-electron chi connectivity index (χ3n) is 7.48. The fraction of sp³-hybridized carbons (Fsp3) is 0.417. The van der Waals surface area contributed by atoms with E-state index in [4.69, 9.17) is 14.2 Å². The van der Waals surface area contributed by atoms with Crippen LogP contribution in [0.25, 0.3) is 0 Å². The molecule has 1 aromatic heterocycles. The third-order valence-corrected chi connectivity index (χ3v) is 7.48. The first-order valence-electron chi connectivity index (χ1n) is 10.5. The lowest BCUT2D eigenvalue weighted by molar-refractivity contribution is -0.0555. The molecule has 4 aliphatic rings. The maximum atomic E-state index is 12.8. The number of carbonyl (C=O) groups excluding carboxylic acids is 1. The van der Waals surface area contributed by atoms with Crippen molar-refractivity contribution in [3.63, 3.8) is 0 Å². The third kappa shape index (κ3) is 2.23. The van der Waals surface area contributed by atoms with E-state index in [-0.39, 0.29) is 17.5 Å². The first-order chi connectivity index (χ1) is 14.6. The van der Waals surface area contributed by atoms with Gasteiger partial charge in [-0.15, -0.1) is 0 Å². The first-order valence-corrected chi connectivity index (χ1v) is 10.5. The van der Waals surface area contributed by atoms with Crippen LogP contribution in [0.3, 0.4) is 0 Å². The van der Waals surface area contributed by atoms with Crippen molar-refractivity contribution in [1.82, 2.24) is 9.88 Å². The molecule has 6 heteroatoms. The Morgan fingerprint density at radius 3 is 3.00 bits per heavy atom. The zero-order valence-electron chi connectivity index (χ0n) is 17.1. The Balaban J connectivity index is 1.46. The van der Waals surface area contributed by atoms with Gasteiger partial charge in [-0.3, -0.25) is 4.98 Å². The van der Waals surface area contributed by atoms with Crippen molar-refractivity contribution in [2.45, 2.75) is 36.5 Å². The number of piperidine rings is 1. The van der Waals surface area contributed by atoms with Crippen molar-refractivity contribution in [2.24, 2.45) is 5.92 Å². The molecule has 5 unspecified atom stereocenters. The van der Waals surface area contributed by atoms with Crippen LogP contribution in [0.5, 0.6) is 11.5 Å². The second-order valence-electron chi connectivity index (χ2n) is 8.73. The molecule has 154 valence electrons. The van der Waals surface area contributed by atoms with E-state index in [0.717, 1.165) is 30.9 Å². The largest absolute Gasteiger partial charge is 0.493 e. The monoisotopic (exact) mass is 404 g/mol. The highest BCUT2D eigenvalue weighted by molar-refractivity contribution is 5.89. The Kier molecular flexibility index (Phi) is 3.78. The number of hydrogen-bond donors (Lipinski definition) is 0. The van der Waals surface area contributed by atoms with Crippen LogP contribution in [-0.2, 0) is 16.6 Å².